The van der Waals surface area contributed by atoms with Gasteiger partial charge in [0.1, 0.15) is 5.51 Å². The van der Waals surface area contributed by atoms with E-state index in [1.165, 1.54) is 23.1 Å². The summed E-state index contributed by atoms with van der Waals surface area (Å²) in [5, 5.41) is 18.0. The number of aliphatic hydroxyl groups is 1. The van der Waals surface area contributed by atoms with Gasteiger partial charge in [-0.15, -0.1) is 10.2 Å². The SMILES string of the molecule is CC(O)(CSc1nncs1)c1ccccc1. The van der Waals surface area contributed by atoms with Crippen LogP contribution in [0.25, 0.3) is 0 Å². The molecular formula is C11H12N2OS2. The standard InChI is InChI=1S/C11H12N2OS2/c1-11(14,9-5-3-2-4-6-9)7-15-10-13-12-8-16-10/h2-6,8,14H,7H2,1H3. The average Bonchev–Trinajstić information content (AvgIpc) is 2.81. The van der Waals surface area contributed by atoms with E-state index in [4.69, 9.17) is 0 Å². The normalized spacial score (nSPS) is 14.6. The first-order chi connectivity index (χ1) is 7.68. The first-order valence-electron chi connectivity index (χ1n) is 4.85. The third-order valence-corrected chi connectivity index (χ3v) is 4.37. The summed E-state index contributed by atoms with van der Waals surface area (Å²) < 4.78 is 0.885. The van der Waals surface area contributed by atoms with E-state index in [1.807, 2.05) is 37.3 Å². The number of nitrogens with zero attached hydrogens (tertiary/aromatic N) is 2. The number of thioether (sulfide) groups is 1. The maximum atomic E-state index is 10.3. The lowest BCUT2D eigenvalue weighted by atomic mass is 9.99. The Morgan fingerprint density at radius 2 is 2.12 bits per heavy atom. The molecule has 1 unspecified atom stereocenters. The van der Waals surface area contributed by atoms with Gasteiger partial charge in [0.25, 0.3) is 0 Å². The van der Waals surface area contributed by atoms with Gasteiger partial charge in [0, 0.05) is 5.75 Å². The second kappa shape index (κ2) is 4.95. The summed E-state index contributed by atoms with van der Waals surface area (Å²) in [5.41, 5.74) is 1.78. The Bertz CT molecular complexity index is 429. The van der Waals surface area contributed by atoms with Crippen molar-refractivity contribution >= 4 is 23.1 Å². The topological polar surface area (TPSA) is 46.0 Å². The molecule has 0 saturated heterocycles. The molecule has 1 N–H and O–H groups in total. The zero-order valence-electron chi connectivity index (χ0n) is 8.83. The van der Waals surface area contributed by atoms with Gasteiger partial charge < -0.3 is 5.11 Å². The molecule has 0 aliphatic carbocycles. The molecular weight excluding hydrogens is 240 g/mol. The molecule has 0 saturated carbocycles. The van der Waals surface area contributed by atoms with Crippen molar-refractivity contribution in [1.82, 2.24) is 10.2 Å². The second-order valence-electron chi connectivity index (χ2n) is 3.63. The van der Waals surface area contributed by atoms with Gasteiger partial charge in [-0.1, -0.05) is 53.4 Å². The summed E-state index contributed by atoms with van der Waals surface area (Å²) in [6.45, 7) is 1.82. The van der Waals surface area contributed by atoms with Crippen LogP contribution in [0.3, 0.4) is 0 Å². The molecule has 0 spiro atoms. The van der Waals surface area contributed by atoms with E-state index < -0.39 is 5.60 Å². The molecule has 0 bridgehead atoms. The van der Waals surface area contributed by atoms with Crippen molar-refractivity contribution < 1.29 is 5.11 Å². The molecule has 1 aromatic carbocycles. The fourth-order valence-electron chi connectivity index (χ4n) is 1.31. The van der Waals surface area contributed by atoms with Crippen molar-refractivity contribution in [3.8, 4) is 0 Å². The molecule has 2 rings (SSSR count). The van der Waals surface area contributed by atoms with Crippen LogP contribution in [-0.2, 0) is 5.60 Å². The average molecular weight is 252 g/mol. The number of benzene rings is 1. The summed E-state index contributed by atoms with van der Waals surface area (Å²) in [6, 6.07) is 9.66. The third kappa shape index (κ3) is 2.81. The van der Waals surface area contributed by atoms with Gasteiger partial charge in [0.15, 0.2) is 4.34 Å². The zero-order chi connectivity index (χ0) is 11.4. The van der Waals surface area contributed by atoms with Crippen molar-refractivity contribution in [3.63, 3.8) is 0 Å². The van der Waals surface area contributed by atoms with Crippen LogP contribution in [0.1, 0.15) is 12.5 Å². The minimum Gasteiger partial charge on any atom is -0.385 e. The Hall–Kier alpha value is -0.910. The largest absolute Gasteiger partial charge is 0.385 e. The maximum Gasteiger partial charge on any atom is 0.174 e. The van der Waals surface area contributed by atoms with Crippen LogP contribution in [0, 0.1) is 0 Å². The lowest BCUT2D eigenvalue weighted by Crippen LogP contribution is -2.24. The van der Waals surface area contributed by atoms with Crippen LogP contribution >= 0.6 is 23.1 Å². The molecule has 84 valence electrons. The van der Waals surface area contributed by atoms with Crippen LogP contribution in [-0.4, -0.2) is 21.1 Å². The van der Waals surface area contributed by atoms with Crippen molar-refractivity contribution in [2.75, 3.05) is 5.75 Å². The molecule has 5 heteroatoms. The Kier molecular flexibility index (Phi) is 3.58. The predicted molar refractivity (Wildman–Crippen MR) is 66.6 cm³/mol. The van der Waals surface area contributed by atoms with Crippen LogP contribution in [0.4, 0.5) is 0 Å². The summed E-state index contributed by atoms with van der Waals surface area (Å²) in [4.78, 5) is 0. The molecule has 0 aliphatic heterocycles. The van der Waals surface area contributed by atoms with Gasteiger partial charge in [-0.2, -0.15) is 0 Å². The van der Waals surface area contributed by atoms with Gasteiger partial charge >= 0.3 is 0 Å². The number of hydrogen-bond donors (Lipinski definition) is 1. The van der Waals surface area contributed by atoms with E-state index in [-0.39, 0.29) is 0 Å². The molecule has 1 aromatic heterocycles. The molecule has 0 amide bonds. The summed E-state index contributed by atoms with van der Waals surface area (Å²) in [6.07, 6.45) is 0. The van der Waals surface area contributed by atoms with Crippen molar-refractivity contribution in [2.24, 2.45) is 0 Å². The number of aromatic nitrogens is 2. The predicted octanol–water partition coefficient (Wildman–Crippen LogP) is 2.54. The molecule has 0 fully saturated rings. The maximum absolute atomic E-state index is 10.3. The smallest absolute Gasteiger partial charge is 0.174 e. The third-order valence-electron chi connectivity index (χ3n) is 2.21. The summed E-state index contributed by atoms with van der Waals surface area (Å²) in [5.74, 6) is 0.576. The molecule has 16 heavy (non-hydrogen) atoms. The van der Waals surface area contributed by atoms with Crippen LogP contribution in [0.2, 0.25) is 0 Å². The summed E-state index contributed by atoms with van der Waals surface area (Å²) in [7, 11) is 0. The van der Waals surface area contributed by atoms with E-state index in [0.29, 0.717) is 5.75 Å². The number of rotatable bonds is 4. The van der Waals surface area contributed by atoms with Crippen LogP contribution < -0.4 is 0 Å². The van der Waals surface area contributed by atoms with Crippen molar-refractivity contribution in [3.05, 3.63) is 41.4 Å². The quantitative estimate of drug-likeness (QED) is 0.849. The second-order valence-corrected chi connectivity index (χ2v) is 5.69. The Morgan fingerprint density at radius 1 is 1.38 bits per heavy atom. The van der Waals surface area contributed by atoms with Gasteiger partial charge in [0.2, 0.25) is 0 Å². The minimum absolute atomic E-state index is 0.576. The molecule has 0 radical (unpaired) electrons. The van der Waals surface area contributed by atoms with Crippen molar-refractivity contribution in [2.45, 2.75) is 16.9 Å². The lowest BCUT2D eigenvalue weighted by Gasteiger charge is -2.22. The van der Waals surface area contributed by atoms with Crippen LogP contribution in [0.15, 0.2) is 40.2 Å². The van der Waals surface area contributed by atoms with E-state index in [0.717, 1.165) is 9.90 Å². The highest BCUT2D eigenvalue weighted by atomic mass is 32.2. The number of hydrogen-bond acceptors (Lipinski definition) is 5. The van der Waals surface area contributed by atoms with E-state index in [1.54, 1.807) is 5.51 Å². The summed E-state index contributed by atoms with van der Waals surface area (Å²) >= 11 is 3.01. The van der Waals surface area contributed by atoms with E-state index >= 15 is 0 Å². The van der Waals surface area contributed by atoms with Gasteiger partial charge in [0.05, 0.1) is 5.60 Å². The first kappa shape index (κ1) is 11.6. The van der Waals surface area contributed by atoms with E-state index in [2.05, 4.69) is 10.2 Å². The van der Waals surface area contributed by atoms with Crippen molar-refractivity contribution in [1.29, 1.82) is 0 Å². The molecule has 2 aromatic rings. The zero-order valence-corrected chi connectivity index (χ0v) is 10.5. The highest BCUT2D eigenvalue weighted by Gasteiger charge is 2.23. The van der Waals surface area contributed by atoms with Gasteiger partial charge in [-0.05, 0) is 12.5 Å². The monoisotopic (exact) mass is 252 g/mol. The molecule has 0 aliphatic rings. The Labute approximate surface area is 103 Å². The van der Waals surface area contributed by atoms with Gasteiger partial charge in [-0.25, -0.2) is 0 Å². The highest BCUT2D eigenvalue weighted by molar-refractivity contribution is 8.01. The molecule has 1 heterocycles. The molecule has 3 nitrogen and oxygen atoms in total. The fraction of sp³-hybridized carbons (Fsp3) is 0.273. The van der Waals surface area contributed by atoms with E-state index in [9.17, 15) is 5.11 Å². The molecule has 1 atom stereocenters. The Balaban J connectivity index is 2.03. The lowest BCUT2D eigenvalue weighted by molar-refractivity contribution is 0.0839. The Morgan fingerprint density at radius 3 is 2.75 bits per heavy atom. The fourth-order valence-corrected chi connectivity index (χ4v) is 2.84. The first-order valence-corrected chi connectivity index (χ1v) is 6.72. The van der Waals surface area contributed by atoms with Gasteiger partial charge in [-0.3, -0.25) is 0 Å². The van der Waals surface area contributed by atoms with Crippen LogP contribution in [0.5, 0.6) is 0 Å². The minimum atomic E-state index is -0.836. The highest BCUT2D eigenvalue weighted by Crippen LogP contribution is 2.29.